The molecule has 25 heavy (non-hydrogen) atoms. The van der Waals surface area contributed by atoms with Crippen molar-refractivity contribution in [3.8, 4) is 0 Å². The SMILES string of the molecule is CCCC(C)C(C)(C)c1ccc2ccc3cccc4c(C)cc1c2c34. The summed E-state index contributed by atoms with van der Waals surface area (Å²) in [6.45, 7) is 11.8. The molecular weight excluding hydrogens is 300 g/mol. The fourth-order valence-electron chi connectivity index (χ4n) is 4.62. The van der Waals surface area contributed by atoms with Gasteiger partial charge in [-0.3, -0.25) is 0 Å². The Morgan fingerprint density at radius 2 is 1.52 bits per heavy atom. The lowest BCUT2D eigenvalue weighted by atomic mass is 9.70. The van der Waals surface area contributed by atoms with E-state index in [2.05, 4.69) is 83.1 Å². The van der Waals surface area contributed by atoms with Crippen LogP contribution in [-0.4, -0.2) is 0 Å². The fourth-order valence-corrected chi connectivity index (χ4v) is 4.62. The third-order valence-electron chi connectivity index (χ3n) is 6.50. The van der Waals surface area contributed by atoms with E-state index in [4.69, 9.17) is 0 Å². The maximum absolute atomic E-state index is 2.43. The molecule has 0 heterocycles. The fraction of sp³-hybridized carbons (Fsp3) is 0.360. The first-order chi connectivity index (χ1) is 11.9. The molecule has 0 aliphatic rings. The molecule has 4 rings (SSSR count). The molecule has 0 saturated heterocycles. The van der Waals surface area contributed by atoms with Gasteiger partial charge in [0.25, 0.3) is 0 Å². The summed E-state index contributed by atoms with van der Waals surface area (Å²) in [6.07, 6.45) is 2.52. The third kappa shape index (κ3) is 2.34. The molecule has 4 aromatic rings. The molecule has 128 valence electrons. The minimum absolute atomic E-state index is 0.171. The normalized spacial score (nSPS) is 14.0. The summed E-state index contributed by atoms with van der Waals surface area (Å²) in [5.41, 5.74) is 3.06. The van der Waals surface area contributed by atoms with Crippen LogP contribution in [0.25, 0.3) is 32.3 Å². The Bertz CT molecular complexity index is 1050. The molecule has 0 spiro atoms. The van der Waals surface area contributed by atoms with Crippen LogP contribution in [0.3, 0.4) is 0 Å². The lowest BCUT2D eigenvalue weighted by Crippen LogP contribution is -2.26. The Kier molecular flexibility index (Phi) is 3.76. The first-order valence-electron chi connectivity index (χ1n) is 9.62. The third-order valence-corrected chi connectivity index (χ3v) is 6.50. The van der Waals surface area contributed by atoms with Gasteiger partial charge >= 0.3 is 0 Å². The van der Waals surface area contributed by atoms with Gasteiger partial charge in [0.2, 0.25) is 0 Å². The second-order valence-corrected chi connectivity index (χ2v) is 8.33. The average molecular weight is 328 g/mol. The van der Waals surface area contributed by atoms with Gasteiger partial charge in [-0.25, -0.2) is 0 Å². The predicted molar refractivity (Wildman–Crippen MR) is 112 cm³/mol. The summed E-state index contributed by atoms with van der Waals surface area (Å²) >= 11 is 0. The van der Waals surface area contributed by atoms with Crippen LogP contribution in [0, 0.1) is 12.8 Å². The second kappa shape index (κ2) is 5.73. The van der Waals surface area contributed by atoms with Crippen LogP contribution in [0.1, 0.15) is 51.7 Å². The highest BCUT2D eigenvalue weighted by molar-refractivity contribution is 6.24. The van der Waals surface area contributed by atoms with Crippen molar-refractivity contribution < 1.29 is 0 Å². The van der Waals surface area contributed by atoms with Gasteiger partial charge < -0.3 is 0 Å². The maximum Gasteiger partial charge on any atom is -0.00236 e. The smallest absolute Gasteiger partial charge is 0.00236 e. The van der Waals surface area contributed by atoms with Crippen LogP contribution < -0.4 is 0 Å². The molecule has 0 heteroatoms. The van der Waals surface area contributed by atoms with Crippen molar-refractivity contribution >= 4 is 32.3 Å². The monoisotopic (exact) mass is 328 g/mol. The van der Waals surface area contributed by atoms with Crippen LogP contribution >= 0.6 is 0 Å². The molecule has 4 aromatic carbocycles. The lowest BCUT2D eigenvalue weighted by molar-refractivity contribution is 0.324. The second-order valence-electron chi connectivity index (χ2n) is 8.33. The van der Waals surface area contributed by atoms with E-state index in [9.17, 15) is 0 Å². The average Bonchev–Trinajstić information content (AvgIpc) is 2.60. The van der Waals surface area contributed by atoms with E-state index in [1.54, 1.807) is 0 Å². The van der Waals surface area contributed by atoms with E-state index in [1.165, 1.54) is 56.3 Å². The van der Waals surface area contributed by atoms with Gasteiger partial charge in [0.15, 0.2) is 0 Å². The molecule has 0 saturated carbocycles. The summed E-state index contributed by atoms with van der Waals surface area (Å²) in [5, 5.41) is 8.46. The van der Waals surface area contributed by atoms with Gasteiger partial charge in [0, 0.05) is 0 Å². The first kappa shape index (κ1) is 16.4. The summed E-state index contributed by atoms with van der Waals surface area (Å²) < 4.78 is 0. The van der Waals surface area contributed by atoms with Gasteiger partial charge in [0.05, 0.1) is 0 Å². The Labute approximate surface area is 151 Å². The summed E-state index contributed by atoms with van der Waals surface area (Å²) in [7, 11) is 0. The molecule has 0 radical (unpaired) electrons. The highest BCUT2D eigenvalue weighted by atomic mass is 14.3. The molecule has 0 amide bonds. The summed E-state index contributed by atoms with van der Waals surface area (Å²) in [6, 6.07) is 18.4. The van der Waals surface area contributed by atoms with Gasteiger partial charge in [0.1, 0.15) is 0 Å². The van der Waals surface area contributed by atoms with Crippen molar-refractivity contribution in [1.82, 2.24) is 0 Å². The van der Waals surface area contributed by atoms with E-state index >= 15 is 0 Å². The van der Waals surface area contributed by atoms with E-state index < -0.39 is 0 Å². The van der Waals surface area contributed by atoms with Crippen molar-refractivity contribution in [2.75, 3.05) is 0 Å². The van der Waals surface area contributed by atoms with Crippen LogP contribution in [0.5, 0.6) is 0 Å². The van der Waals surface area contributed by atoms with Crippen molar-refractivity contribution in [2.24, 2.45) is 5.92 Å². The number of benzene rings is 4. The molecule has 0 bridgehead atoms. The minimum Gasteiger partial charge on any atom is -0.0654 e. The zero-order valence-electron chi connectivity index (χ0n) is 16.1. The van der Waals surface area contributed by atoms with Crippen molar-refractivity contribution in [3.05, 3.63) is 59.7 Å². The van der Waals surface area contributed by atoms with E-state index in [0.717, 1.165) is 0 Å². The Hall–Kier alpha value is -2.08. The highest BCUT2D eigenvalue weighted by Gasteiger charge is 2.29. The van der Waals surface area contributed by atoms with Gasteiger partial charge in [-0.2, -0.15) is 0 Å². The van der Waals surface area contributed by atoms with Crippen molar-refractivity contribution in [1.29, 1.82) is 0 Å². The largest absolute Gasteiger partial charge is 0.0654 e. The quantitative estimate of drug-likeness (QED) is 0.338. The van der Waals surface area contributed by atoms with Crippen LogP contribution in [0.2, 0.25) is 0 Å². The Morgan fingerprint density at radius 1 is 0.880 bits per heavy atom. The zero-order chi connectivity index (χ0) is 17.8. The number of hydrogen-bond acceptors (Lipinski definition) is 0. The molecular formula is C25H28. The number of aryl methyl sites for hydroxylation is 1. The van der Waals surface area contributed by atoms with E-state index in [-0.39, 0.29) is 5.41 Å². The van der Waals surface area contributed by atoms with Crippen molar-refractivity contribution in [2.45, 2.75) is 52.9 Å². The number of rotatable bonds is 4. The minimum atomic E-state index is 0.171. The Morgan fingerprint density at radius 3 is 2.24 bits per heavy atom. The standard InChI is InChI=1S/C25H28/c1-6-8-17(3)25(4,5)22-14-13-19-12-11-18-9-7-10-20-16(2)15-21(22)24(19)23(18)20/h7,9-15,17H,6,8H2,1-5H3. The van der Waals surface area contributed by atoms with E-state index in [1.807, 2.05) is 0 Å². The molecule has 0 N–H and O–H groups in total. The topological polar surface area (TPSA) is 0 Å². The lowest BCUT2D eigenvalue weighted by Gasteiger charge is -2.34. The molecule has 0 aliphatic carbocycles. The van der Waals surface area contributed by atoms with Crippen LogP contribution in [0.4, 0.5) is 0 Å². The molecule has 0 nitrogen and oxygen atoms in total. The van der Waals surface area contributed by atoms with Gasteiger partial charge in [-0.1, -0.05) is 89.1 Å². The van der Waals surface area contributed by atoms with Crippen molar-refractivity contribution in [3.63, 3.8) is 0 Å². The molecule has 1 unspecified atom stereocenters. The first-order valence-corrected chi connectivity index (χ1v) is 9.62. The molecule has 0 aliphatic heterocycles. The van der Waals surface area contributed by atoms with Crippen LogP contribution in [0.15, 0.2) is 48.5 Å². The molecule has 1 atom stereocenters. The van der Waals surface area contributed by atoms with Gasteiger partial charge in [-0.05, 0) is 61.7 Å². The summed E-state index contributed by atoms with van der Waals surface area (Å²) in [5.74, 6) is 0.663. The Balaban J connectivity index is 2.13. The predicted octanol–water partition coefficient (Wildman–Crippen LogP) is 7.61. The maximum atomic E-state index is 2.43. The van der Waals surface area contributed by atoms with Crippen LogP contribution in [-0.2, 0) is 5.41 Å². The zero-order valence-corrected chi connectivity index (χ0v) is 16.1. The molecule has 0 fully saturated rings. The van der Waals surface area contributed by atoms with E-state index in [0.29, 0.717) is 5.92 Å². The number of hydrogen-bond donors (Lipinski definition) is 0. The highest BCUT2D eigenvalue weighted by Crippen LogP contribution is 2.43. The summed E-state index contributed by atoms with van der Waals surface area (Å²) in [4.78, 5) is 0. The molecule has 0 aromatic heterocycles. The van der Waals surface area contributed by atoms with Gasteiger partial charge in [-0.15, -0.1) is 0 Å².